The van der Waals surface area contributed by atoms with Crippen molar-refractivity contribution >= 4 is 11.1 Å². The molecule has 0 aliphatic carbocycles. The standard InChI is InChI=1S/C6H12O2S/c1-5(2)4-6(3)9(7)8/h4,6H,1-3H3,(H,7,8)/p-1. The SMILES string of the molecule is CC(C)=CC(C)S(=O)[O-]. The molecule has 0 bridgehead atoms. The van der Waals surface area contributed by atoms with Crippen LogP contribution >= 0.6 is 0 Å². The van der Waals surface area contributed by atoms with Crippen molar-refractivity contribution in [1.82, 2.24) is 0 Å². The summed E-state index contributed by atoms with van der Waals surface area (Å²) in [6, 6.07) is 0. The lowest BCUT2D eigenvalue weighted by molar-refractivity contribution is 0.532. The maximum Gasteiger partial charge on any atom is 0.0369 e. The van der Waals surface area contributed by atoms with Crippen molar-refractivity contribution in [1.29, 1.82) is 0 Å². The molecule has 0 aromatic carbocycles. The maximum absolute atomic E-state index is 10.2. The zero-order valence-electron chi connectivity index (χ0n) is 5.88. The second kappa shape index (κ2) is 3.80. The van der Waals surface area contributed by atoms with Gasteiger partial charge in [0.1, 0.15) is 0 Å². The Morgan fingerprint density at radius 1 is 1.67 bits per heavy atom. The molecule has 0 radical (unpaired) electrons. The first-order valence-electron chi connectivity index (χ1n) is 2.77. The van der Waals surface area contributed by atoms with E-state index in [9.17, 15) is 8.76 Å². The van der Waals surface area contributed by atoms with Gasteiger partial charge in [-0.15, -0.1) is 0 Å². The van der Waals surface area contributed by atoms with Crippen LogP contribution in [0.25, 0.3) is 0 Å². The molecule has 0 heterocycles. The summed E-state index contributed by atoms with van der Waals surface area (Å²) in [5, 5.41) is -0.352. The van der Waals surface area contributed by atoms with Crippen LogP contribution in [0.5, 0.6) is 0 Å². The van der Waals surface area contributed by atoms with E-state index in [0.717, 1.165) is 5.57 Å². The highest BCUT2D eigenvalue weighted by Gasteiger charge is 1.94. The summed E-state index contributed by atoms with van der Waals surface area (Å²) >= 11 is -1.96. The van der Waals surface area contributed by atoms with Gasteiger partial charge in [0.15, 0.2) is 0 Å². The fourth-order valence-electron chi connectivity index (χ4n) is 0.525. The molecule has 3 heteroatoms. The Balaban J connectivity index is 3.91. The summed E-state index contributed by atoms with van der Waals surface area (Å²) < 4.78 is 20.4. The second-order valence-electron chi connectivity index (χ2n) is 2.21. The van der Waals surface area contributed by atoms with Crippen LogP contribution in [0.2, 0.25) is 0 Å². The van der Waals surface area contributed by atoms with Gasteiger partial charge in [0.05, 0.1) is 0 Å². The molecular formula is C6H11O2S-. The van der Waals surface area contributed by atoms with Gasteiger partial charge in [0, 0.05) is 5.25 Å². The number of hydrogen-bond donors (Lipinski definition) is 0. The first kappa shape index (κ1) is 8.85. The van der Waals surface area contributed by atoms with Crippen molar-refractivity contribution in [2.75, 3.05) is 0 Å². The summed E-state index contributed by atoms with van der Waals surface area (Å²) in [7, 11) is 0. The van der Waals surface area contributed by atoms with Gasteiger partial charge in [-0.05, 0) is 31.9 Å². The van der Waals surface area contributed by atoms with Crippen molar-refractivity contribution in [3.05, 3.63) is 11.6 Å². The van der Waals surface area contributed by atoms with Gasteiger partial charge in [-0.3, -0.25) is 4.21 Å². The fraction of sp³-hybridized carbons (Fsp3) is 0.667. The first-order chi connectivity index (χ1) is 4.04. The molecule has 2 nitrogen and oxygen atoms in total. The molecule has 9 heavy (non-hydrogen) atoms. The Morgan fingerprint density at radius 3 is 2.22 bits per heavy atom. The largest absolute Gasteiger partial charge is 0.772 e. The Kier molecular flexibility index (Phi) is 3.73. The van der Waals surface area contributed by atoms with E-state index in [4.69, 9.17) is 0 Å². The zero-order chi connectivity index (χ0) is 7.44. The maximum atomic E-state index is 10.2. The second-order valence-corrected chi connectivity index (χ2v) is 3.47. The van der Waals surface area contributed by atoms with Crippen molar-refractivity contribution in [2.24, 2.45) is 0 Å². The minimum absolute atomic E-state index is 0.352. The highest BCUT2D eigenvalue weighted by molar-refractivity contribution is 7.79. The third-order valence-electron chi connectivity index (χ3n) is 0.872. The molecule has 2 atom stereocenters. The number of allylic oxidation sites excluding steroid dienone is 1. The summed E-state index contributed by atoms with van der Waals surface area (Å²) in [6.07, 6.45) is 1.71. The molecule has 0 aliphatic rings. The van der Waals surface area contributed by atoms with Crippen LogP contribution in [-0.2, 0) is 11.1 Å². The van der Waals surface area contributed by atoms with Crippen molar-refractivity contribution in [3.63, 3.8) is 0 Å². The monoisotopic (exact) mass is 147 g/mol. The minimum Gasteiger partial charge on any atom is -0.772 e. The average Bonchev–Trinajstić information content (AvgIpc) is 1.63. The molecule has 0 N–H and O–H groups in total. The van der Waals surface area contributed by atoms with Gasteiger partial charge in [-0.2, -0.15) is 0 Å². The van der Waals surface area contributed by atoms with E-state index in [2.05, 4.69) is 0 Å². The van der Waals surface area contributed by atoms with E-state index in [1.54, 1.807) is 13.0 Å². The molecule has 2 unspecified atom stereocenters. The lowest BCUT2D eigenvalue weighted by Crippen LogP contribution is -2.05. The van der Waals surface area contributed by atoms with Gasteiger partial charge in [-0.1, -0.05) is 11.6 Å². The van der Waals surface area contributed by atoms with E-state index in [0.29, 0.717) is 0 Å². The van der Waals surface area contributed by atoms with Crippen LogP contribution < -0.4 is 0 Å². The molecule has 0 aromatic rings. The summed E-state index contributed by atoms with van der Waals surface area (Å²) in [4.78, 5) is 0. The van der Waals surface area contributed by atoms with Crippen LogP contribution in [0.3, 0.4) is 0 Å². The zero-order valence-corrected chi connectivity index (χ0v) is 6.70. The summed E-state index contributed by atoms with van der Waals surface area (Å²) in [5.74, 6) is 0. The molecule has 0 fully saturated rings. The molecular weight excluding hydrogens is 136 g/mol. The Morgan fingerprint density at radius 2 is 2.11 bits per heavy atom. The van der Waals surface area contributed by atoms with Crippen LogP contribution in [0.15, 0.2) is 11.6 Å². The average molecular weight is 147 g/mol. The molecule has 0 saturated heterocycles. The molecule has 0 spiro atoms. The van der Waals surface area contributed by atoms with Gasteiger partial charge in [0.2, 0.25) is 0 Å². The van der Waals surface area contributed by atoms with Crippen molar-refractivity contribution in [3.8, 4) is 0 Å². The molecule has 0 aliphatic heterocycles. The van der Waals surface area contributed by atoms with Crippen molar-refractivity contribution in [2.45, 2.75) is 26.0 Å². The topological polar surface area (TPSA) is 40.1 Å². The quantitative estimate of drug-likeness (QED) is 0.435. The smallest absolute Gasteiger partial charge is 0.0369 e. The van der Waals surface area contributed by atoms with E-state index < -0.39 is 11.1 Å². The Bertz CT molecular complexity index is 136. The highest BCUT2D eigenvalue weighted by atomic mass is 32.2. The molecule has 0 saturated carbocycles. The summed E-state index contributed by atoms with van der Waals surface area (Å²) in [6.45, 7) is 5.41. The number of hydrogen-bond acceptors (Lipinski definition) is 2. The molecule has 54 valence electrons. The number of rotatable bonds is 2. The van der Waals surface area contributed by atoms with Gasteiger partial charge >= 0.3 is 0 Å². The predicted octanol–water partition coefficient (Wildman–Crippen LogP) is 1.22. The van der Waals surface area contributed by atoms with E-state index in [1.807, 2.05) is 13.8 Å². The summed E-state index contributed by atoms with van der Waals surface area (Å²) in [5.41, 5.74) is 1.03. The lowest BCUT2D eigenvalue weighted by atomic mass is 10.3. The van der Waals surface area contributed by atoms with Crippen LogP contribution in [-0.4, -0.2) is 14.0 Å². The normalized spacial score (nSPS) is 16.4. The Hall–Kier alpha value is -0.150. The van der Waals surface area contributed by atoms with Gasteiger partial charge in [0.25, 0.3) is 0 Å². The van der Waals surface area contributed by atoms with E-state index in [-0.39, 0.29) is 5.25 Å². The van der Waals surface area contributed by atoms with Crippen LogP contribution in [0, 0.1) is 0 Å². The Labute approximate surface area is 58.3 Å². The minimum atomic E-state index is -1.96. The van der Waals surface area contributed by atoms with E-state index >= 15 is 0 Å². The first-order valence-corrected chi connectivity index (χ1v) is 3.91. The van der Waals surface area contributed by atoms with Crippen molar-refractivity contribution < 1.29 is 8.76 Å². The lowest BCUT2D eigenvalue weighted by Gasteiger charge is -2.09. The molecule has 0 amide bonds. The van der Waals surface area contributed by atoms with Gasteiger partial charge in [-0.25, -0.2) is 0 Å². The highest BCUT2D eigenvalue weighted by Crippen LogP contribution is 1.98. The predicted molar refractivity (Wildman–Crippen MR) is 37.8 cm³/mol. The van der Waals surface area contributed by atoms with Crippen LogP contribution in [0.1, 0.15) is 20.8 Å². The fourth-order valence-corrected chi connectivity index (χ4v) is 0.908. The van der Waals surface area contributed by atoms with Crippen LogP contribution in [0.4, 0.5) is 0 Å². The van der Waals surface area contributed by atoms with Gasteiger partial charge < -0.3 is 4.55 Å². The molecule has 0 aromatic heterocycles. The third-order valence-corrected chi connectivity index (χ3v) is 1.61. The third kappa shape index (κ3) is 4.36. The van der Waals surface area contributed by atoms with E-state index in [1.165, 1.54) is 0 Å². The molecule has 0 rings (SSSR count).